The second-order valence-electron chi connectivity index (χ2n) is 6.65. The average Bonchev–Trinajstić information content (AvgIpc) is 2.67. The van der Waals surface area contributed by atoms with Crippen LogP contribution in [-0.4, -0.2) is 34.9 Å². The van der Waals surface area contributed by atoms with Crippen molar-refractivity contribution in [2.45, 2.75) is 25.3 Å². The fourth-order valence-electron chi connectivity index (χ4n) is 3.37. The quantitative estimate of drug-likeness (QED) is 0.572. The van der Waals surface area contributed by atoms with Crippen LogP contribution in [0, 0.1) is 0 Å². The van der Waals surface area contributed by atoms with Crippen molar-refractivity contribution in [2.24, 2.45) is 0 Å². The van der Waals surface area contributed by atoms with Gasteiger partial charge in [0, 0.05) is 23.2 Å². The molecule has 27 heavy (non-hydrogen) atoms. The van der Waals surface area contributed by atoms with Crippen LogP contribution < -0.4 is 5.32 Å². The van der Waals surface area contributed by atoms with Gasteiger partial charge < -0.3 is 15.3 Å². The maximum absolute atomic E-state index is 13.0. The van der Waals surface area contributed by atoms with E-state index in [1.54, 1.807) is 18.0 Å². The molecule has 2 aromatic rings. The zero-order chi connectivity index (χ0) is 19.6. The first kappa shape index (κ1) is 19.2. The minimum absolute atomic E-state index is 0.0528. The summed E-state index contributed by atoms with van der Waals surface area (Å²) in [5.41, 5.74) is 3.15. The fraction of sp³-hybridized carbons (Fsp3) is 0.238. The van der Waals surface area contributed by atoms with Gasteiger partial charge in [0.15, 0.2) is 0 Å². The van der Waals surface area contributed by atoms with E-state index in [1.807, 2.05) is 6.07 Å². The third-order valence-corrected chi connectivity index (χ3v) is 5.41. The molecule has 3 rings (SSSR count). The van der Waals surface area contributed by atoms with E-state index in [0.717, 1.165) is 29.8 Å². The van der Waals surface area contributed by atoms with Crippen LogP contribution >= 0.6 is 15.9 Å². The molecule has 140 valence electrons. The number of nitrogens with one attached hydrogen (secondary N) is 1. The minimum Gasteiger partial charge on any atom is -0.507 e. The Morgan fingerprint density at radius 2 is 2.04 bits per heavy atom. The molecule has 1 aliphatic carbocycles. The lowest BCUT2D eigenvalue weighted by atomic mass is 9.87. The maximum atomic E-state index is 13.0. The summed E-state index contributed by atoms with van der Waals surface area (Å²) < 4.78 is 1.06. The fourth-order valence-corrected chi connectivity index (χ4v) is 3.78. The standard InChI is InChI=1S/C21H21BrN2O3/c1-3-20(26)23-16-7-9-19(25)18(12-16)21(27)24(2)17-8-5-13-10-15(22)6-4-14(13)11-17/h3-4,6-7,9-10,12,17,25H,1,5,8,11H2,2H3,(H,23,26). The minimum atomic E-state index is -0.373. The molecule has 0 heterocycles. The summed E-state index contributed by atoms with van der Waals surface area (Å²) >= 11 is 3.50. The molecule has 0 radical (unpaired) electrons. The van der Waals surface area contributed by atoms with E-state index in [-0.39, 0.29) is 29.2 Å². The first-order valence-corrected chi connectivity index (χ1v) is 9.49. The Kier molecular flexibility index (Phi) is 5.65. The van der Waals surface area contributed by atoms with E-state index in [2.05, 4.69) is 40.0 Å². The first-order valence-electron chi connectivity index (χ1n) is 8.70. The largest absolute Gasteiger partial charge is 0.507 e. The van der Waals surface area contributed by atoms with Gasteiger partial charge in [0.25, 0.3) is 5.91 Å². The van der Waals surface area contributed by atoms with E-state index >= 15 is 0 Å². The van der Waals surface area contributed by atoms with Crippen molar-refractivity contribution >= 4 is 33.4 Å². The van der Waals surface area contributed by atoms with Gasteiger partial charge in [0.2, 0.25) is 5.91 Å². The van der Waals surface area contributed by atoms with Crippen molar-refractivity contribution in [1.82, 2.24) is 4.90 Å². The topological polar surface area (TPSA) is 69.6 Å². The summed E-state index contributed by atoms with van der Waals surface area (Å²) in [6, 6.07) is 10.7. The van der Waals surface area contributed by atoms with Crippen molar-refractivity contribution in [3.8, 4) is 5.75 Å². The van der Waals surface area contributed by atoms with Gasteiger partial charge in [-0.25, -0.2) is 0 Å². The smallest absolute Gasteiger partial charge is 0.257 e. The van der Waals surface area contributed by atoms with Crippen molar-refractivity contribution in [3.05, 3.63) is 70.2 Å². The Labute approximate surface area is 166 Å². The van der Waals surface area contributed by atoms with Gasteiger partial charge in [0.05, 0.1) is 5.56 Å². The second-order valence-corrected chi connectivity index (χ2v) is 7.57. The van der Waals surface area contributed by atoms with Gasteiger partial charge in [0.1, 0.15) is 5.75 Å². The molecule has 6 heteroatoms. The number of phenols is 1. The number of halogens is 1. The monoisotopic (exact) mass is 428 g/mol. The molecule has 1 aliphatic rings. The molecule has 5 nitrogen and oxygen atoms in total. The van der Waals surface area contributed by atoms with Gasteiger partial charge in [-0.3, -0.25) is 9.59 Å². The number of aryl methyl sites for hydroxylation is 1. The highest BCUT2D eigenvalue weighted by Gasteiger charge is 2.27. The zero-order valence-electron chi connectivity index (χ0n) is 15.0. The van der Waals surface area contributed by atoms with Gasteiger partial charge in [-0.2, -0.15) is 0 Å². The Bertz CT molecular complexity index is 910. The van der Waals surface area contributed by atoms with Gasteiger partial charge in [-0.05, 0) is 66.8 Å². The van der Waals surface area contributed by atoms with E-state index in [1.165, 1.54) is 23.3 Å². The number of carbonyl (C=O) groups is 2. The normalized spacial score (nSPS) is 15.6. The number of carbonyl (C=O) groups excluding carboxylic acids is 2. The Balaban J connectivity index is 1.79. The number of hydrogen-bond donors (Lipinski definition) is 2. The number of rotatable bonds is 4. The lowest BCUT2D eigenvalue weighted by Gasteiger charge is -2.33. The Morgan fingerprint density at radius 1 is 1.26 bits per heavy atom. The highest BCUT2D eigenvalue weighted by atomic mass is 79.9. The van der Waals surface area contributed by atoms with E-state index < -0.39 is 0 Å². The SMILES string of the molecule is C=CC(=O)Nc1ccc(O)c(C(=O)N(C)C2CCc3cc(Br)ccc3C2)c1. The maximum Gasteiger partial charge on any atom is 0.257 e. The molecule has 0 saturated carbocycles. The highest BCUT2D eigenvalue weighted by Crippen LogP contribution is 2.29. The summed E-state index contributed by atoms with van der Waals surface area (Å²) in [4.78, 5) is 26.1. The van der Waals surface area contributed by atoms with Crippen molar-refractivity contribution in [3.63, 3.8) is 0 Å². The van der Waals surface area contributed by atoms with Crippen LogP contribution in [0.1, 0.15) is 27.9 Å². The zero-order valence-corrected chi connectivity index (χ0v) is 16.6. The number of phenolic OH excluding ortho intramolecular Hbond substituents is 1. The molecule has 2 aromatic carbocycles. The number of fused-ring (bicyclic) bond motifs is 1. The third-order valence-electron chi connectivity index (χ3n) is 4.92. The van der Waals surface area contributed by atoms with E-state index in [9.17, 15) is 14.7 Å². The average molecular weight is 429 g/mol. The summed E-state index contributed by atoms with van der Waals surface area (Å²) in [6.45, 7) is 3.41. The Morgan fingerprint density at radius 3 is 2.78 bits per heavy atom. The molecular weight excluding hydrogens is 408 g/mol. The number of anilines is 1. The van der Waals surface area contributed by atoms with Gasteiger partial charge in [-0.15, -0.1) is 0 Å². The molecule has 0 fully saturated rings. The summed E-state index contributed by atoms with van der Waals surface area (Å²) in [6.07, 6.45) is 3.69. The van der Waals surface area contributed by atoms with E-state index in [4.69, 9.17) is 0 Å². The summed E-state index contributed by atoms with van der Waals surface area (Å²) in [7, 11) is 1.76. The molecule has 1 atom stereocenters. The molecule has 0 aromatic heterocycles. The van der Waals surface area contributed by atoms with Crippen molar-refractivity contribution in [1.29, 1.82) is 0 Å². The van der Waals surface area contributed by atoms with Crippen LogP contribution in [0.2, 0.25) is 0 Å². The third kappa shape index (κ3) is 4.22. The number of hydrogen-bond acceptors (Lipinski definition) is 3. The van der Waals surface area contributed by atoms with Gasteiger partial charge in [-0.1, -0.05) is 28.6 Å². The number of benzene rings is 2. The van der Waals surface area contributed by atoms with Crippen LogP contribution in [0.3, 0.4) is 0 Å². The molecule has 2 N–H and O–H groups in total. The predicted octanol–water partition coefficient (Wildman–Crippen LogP) is 3.91. The van der Waals surface area contributed by atoms with Crippen LogP contribution in [0.4, 0.5) is 5.69 Å². The lowest BCUT2D eigenvalue weighted by molar-refractivity contribution is -0.111. The van der Waals surface area contributed by atoms with Crippen LogP contribution in [0.5, 0.6) is 5.75 Å². The van der Waals surface area contributed by atoms with Crippen LogP contribution in [0.15, 0.2) is 53.5 Å². The van der Waals surface area contributed by atoms with Crippen LogP contribution in [0.25, 0.3) is 0 Å². The number of amides is 2. The second kappa shape index (κ2) is 7.96. The Hall–Kier alpha value is -2.60. The molecule has 2 amide bonds. The molecule has 0 saturated heterocycles. The number of likely N-dealkylation sites (N-methyl/N-ethyl adjacent to an activating group) is 1. The molecule has 0 aliphatic heterocycles. The van der Waals surface area contributed by atoms with E-state index in [0.29, 0.717) is 5.69 Å². The molecule has 1 unspecified atom stereocenters. The summed E-state index contributed by atoms with van der Waals surface area (Å²) in [5, 5.41) is 12.8. The molecular formula is C21H21BrN2O3. The number of aromatic hydroxyl groups is 1. The van der Waals surface area contributed by atoms with Crippen molar-refractivity contribution in [2.75, 3.05) is 12.4 Å². The first-order chi connectivity index (χ1) is 12.9. The van der Waals surface area contributed by atoms with Gasteiger partial charge >= 0.3 is 0 Å². The number of nitrogens with zero attached hydrogens (tertiary/aromatic N) is 1. The van der Waals surface area contributed by atoms with Crippen molar-refractivity contribution < 1.29 is 14.7 Å². The lowest BCUT2D eigenvalue weighted by Crippen LogP contribution is -2.40. The summed E-state index contributed by atoms with van der Waals surface area (Å²) in [5.74, 6) is -0.751. The molecule has 0 spiro atoms. The van der Waals surface area contributed by atoms with Crippen LogP contribution in [-0.2, 0) is 17.6 Å². The highest BCUT2D eigenvalue weighted by molar-refractivity contribution is 9.10. The predicted molar refractivity (Wildman–Crippen MR) is 109 cm³/mol. The molecule has 0 bridgehead atoms.